The van der Waals surface area contributed by atoms with Crippen molar-refractivity contribution in [1.82, 2.24) is 0 Å². The minimum Gasteiger partial charge on any atom is -0.376 e. The summed E-state index contributed by atoms with van der Waals surface area (Å²) in [5.74, 6) is 0. The molecule has 18 heavy (non-hydrogen) atoms. The van der Waals surface area contributed by atoms with Crippen LogP contribution >= 0.6 is 11.6 Å². The first-order valence-electron chi connectivity index (χ1n) is 6.40. The zero-order valence-corrected chi connectivity index (χ0v) is 11.9. The van der Waals surface area contributed by atoms with Crippen LogP contribution in [0, 0.1) is 0 Å². The van der Waals surface area contributed by atoms with Gasteiger partial charge >= 0.3 is 0 Å². The summed E-state index contributed by atoms with van der Waals surface area (Å²) < 4.78 is 5.61. The number of ether oxygens (including phenoxy) is 1. The summed E-state index contributed by atoms with van der Waals surface area (Å²) in [6, 6.07) is 6.47. The summed E-state index contributed by atoms with van der Waals surface area (Å²) in [6.07, 6.45) is 1.33. The van der Waals surface area contributed by atoms with Crippen molar-refractivity contribution in [2.45, 2.75) is 38.5 Å². The summed E-state index contributed by atoms with van der Waals surface area (Å²) in [7, 11) is 2.09. The molecule has 0 aliphatic carbocycles. The Bertz CT molecular complexity index is 422. The molecule has 2 rings (SSSR count). The van der Waals surface area contributed by atoms with E-state index in [2.05, 4.69) is 24.9 Å². The molecule has 0 saturated carbocycles. The van der Waals surface area contributed by atoms with Crippen molar-refractivity contribution in [3.8, 4) is 0 Å². The first kappa shape index (κ1) is 13.7. The third-order valence-electron chi connectivity index (χ3n) is 3.72. The van der Waals surface area contributed by atoms with Gasteiger partial charge in [-0.15, -0.1) is 0 Å². The quantitative estimate of drug-likeness (QED) is 0.916. The smallest absolute Gasteiger partial charge is 0.0750 e. The summed E-state index contributed by atoms with van der Waals surface area (Å²) >= 11 is 6.27. The van der Waals surface area contributed by atoms with Crippen molar-refractivity contribution in [2.75, 3.05) is 18.6 Å². The molecule has 0 spiro atoms. The largest absolute Gasteiger partial charge is 0.376 e. The van der Waals surface area contributed by atoms with Crippen LogP contribution in [0.15, 0.2) is 18.2 Å². The second-order valence-electron chi connectivity index (χ2n) is 5.04. The van der Waals surface area contributed by atoms with Crippen molar-refractivity contribution < 1.29 is 4.74 Å². The van der Waals surface area contributed by atoms with Crippen LogP contribution in [0.5, 0.6) is 0 Å². The molecular formula is C14H21ClN2O. The van der Waals surface area contributed by atoms with Crippen LogP contribution in [-0.4, -0.2) is 25.8 Å². The van der Waals surface area contributed by atoms with Crippen molar-refractivity contribution in [3.05, 3.63) is 28.8 Å². The number of hydrogen-bond acceptors (Lipinski definition) is 3. The molecule has 0 aromatic heterocycles. The lowest BCUT2D eigenvalue weighted by Crippen LogP contribution is -2.36. The predicted octanol–water partition coefficient (Wildman–Crippen LogP) is 2.97. The van der Waals surface area contributed by atoms with Gasteiger partial charge in [-0.2, -0.15) is 0 Å². The van der Waals surface area contributed by atoms with Gasteiger partial charge in [-0.3, -0.25) is 0 Å². The van der Waals surface area contributed by atoms with Gasteiger partial charge in [0.05, 0.1) is 12.1 Å². The Morgan fingerprint density at radius 2 is 2.22 bits per heavy atom. The van der Waals surface area contributed by atoms with Crippen LogP contribution in [0.25, 0.3) is 0 Å². The van der Waals surface area contributed by atoms with Crippen LogP contribution in [0.1, 0.15) is 31.9 Å². The van der Waals surface area contributed by atoms with Crippen LogP contribution in [0.3, 0.4) is 0 Å². The molecule has 1 heterocycles. The SMILES string of the molecule is CC(N)c1ccc(N(C)C2CCOC2C)cc1Cl. The normalized spacial score (nSPS) is 25.2. The van der Waals surface area contributed by atoms with Crippen molar-refractivity contribution >= 4 is 17.3 Å². The van der Waals surface area contributed by atoms with Crippen molar-refractivity contribution in [2.24, 2.45) is 5.73 Å². The lowest BCUT2D eigenvalue weighted by atomic mass is 10.1. The predicted molar refractivity (Wildman–Crippen MR) is 76.3 cm³/mol. The van der Waals surface area contributed by atoms with Crippen LogP contribution < -0.4 is 10.6 Å². The zero-order chi connectivity index (χ0) is 13.3. The fourth-order valence-corrected chi connectivity index (χ4v) is 2.87. The van der Waals surface area contributed by atoms with E-state index in [0.717, 1.165) is 29.3 Å². The number of benzene rings is 1. The molecule has 1 fully saturated rings. The standard InChI is InChI=1S/C14H21ClN2O/c1-9(16)12-5-4-11(8-13(12)15)17(3)14-6-7-18-10(14)2/h4-5,8-10,14H,6-7,16H2,1-3H3. The molecule has 4 heteroatoms. The molecule has 100 valence electrons. The summed E-state index contributed by atoms with van der Waals surface area (Å²) in [5, 5.41) is 0.737. The number of nitrogens with two attached hydrogens (primary N) is 1. The van der Waals surface area contributed by atoms with Gasteiger partial charge in [-0.1, -0.05) is 17.7 Å². The van der Waals surface area contributed by atoms with Gasteiger partial charge in [0, 0.05) is 30.4 Å². The highest BCUT2D eigenvalue weighted by Crippen LogP contribution is 2.29. The van der Waals surface area contributed by atoms with Crippen LogP contribution in [0.4, 0.5) is 5.69 Å². The highest BCUT2D eigenvalue weighted by molar-refractivity contribution is 6.31. The van der Waals surface area contributed by atoms with E-state index in [4.69, 9.17) is 22.1 Å². The topological polar surface area (TPSA) is 38.5 Å². The van der Waals surface area contributed by atoms with Crippen molar-refractivity contribution in [1.29, 1.82) is 0 Å². The van der Waals surface area contributed by atoms with Crippen molar-refractivity contribution in [3.63, 3.8) is 0 Å². The fourth-order valence-electron chi connectivity index (χ4n) is 2.53. The lowest BCUT2D eigenvalue weighted by molar-refractivity contribution is 0.118. The van der Waals surface area contributed by atoms with E-state index in [0.29, 0.717) is 6.04 Å². The molecule has 2 N–H and O–H groups in total. The molecule has 3 unspecified atom stereocenters. The Balaban J connectivity index is 2.21. The molecule has 1 aromatic carbocycles. The van der Waals surface area contributed by atoms with E-state index in [1.165, 1.54) is 0 Å². The average molecular weight is 269 g/mol. The molecule has 1 aromatic rings. The molecule has 1 saturated heterocycles. The second-order valence-corrected chi connectivity index (χ2v) is 5.44. The number of anilines is 1. The maximum absolute atomic E-state index is 6.27. The maximum Gasteiger partial charge on any atom is 0.0750 e. The Morgan fingerprint density at radius 3 is 2.72 bits per heavy atom. The summed E-state index contributed by atoms with van der Waals surface area (Å²) in [6.45, 7) is 4.89. The Morgan fingerprint density at radius 1 is 1.50 bits per heavy atom. The highest BCUT2D eigenvalue weighted by Gasteiger charge is 2.28. The molecule has 3 nitrogen and oxygen atoms in total. The van der Waals surface area contributed by atoms with E-state index < -0.39 is 0 Å². The molecule has 0 bridgehead atoms. The number of rotatable bonds is 3. The Hall–Kier alpha value is -0.770. The van der Waals surface area contributed by atoms with Gasteiger partial charge in [-0.25, -0.2) is 0 Å². The number of likely N-dealkylation sites (N-methyl/N-ethyl adjacent to an activating group) is 1. The molecule has 1 aliphatic rings. The Labute approximate surface area is 114 Å². The van der Waals surface area contributed by atoms with Gasteiger partial charge in [-0.05, 0) is 38.0 Å². The molecule has 1 aliphatic heterocycles. The number of nitrogens with zero attached hydrogens (tertiary/aromatic N) is 1. The third kappa shape index (κ3) is 2.63. The van der Waals surface area contributed by atoms with E-state index in [1.54, 1.807) is 0 Å². The van der Waals surface area contributed by atoms with E-state index >= 15 is 0 Å². The van der Waals surface area contributed by atoms with Crippen LogP contribution in [0.2, 0.25) is 5.02 Å². The first-order chi connectivity index (χ1) is 8.50. The van der Waals surface area contributed by atoms with E-state index in [9.17, 15) is 0 Å². The summed E-state index contributed by atoms with van der Waals surface area (Å²) in [5.41, 5.74) is 7.97. The second kappa shape index (κ2) is 5.47. The van der Waals surface area contributed by atoms with Gasteiger partial charge in [0.15, 0.2) is 0 Å². The lowest BCUT2D eigenvalue weighted by Gasteiger charge is -2.29. The van der Waals surface area contributed by atoms with E-state index in [1.807, 2.05) is 19.1 Å². The molecule has 3 atom stereocenters. The zero-order valence-electron chi connectivity index (χ0n) is 11.2. The minimum absolute atomic E-state index is 0.0365. The van der Waals surface area contributed by atoms with Gasteiger partial charge < -0.3 is 15.4 Å². The van der Waals surface area contributed by atoms with E-state index in [-0.39, 0.29) is 12.1 Å². The first-order valence-corrected chi connectivity index (χ1v) is 6.78. The third-order valence-corrected chi connectivity index (χ3v) is 4.04. The number of hydrogen-bond donors (Lipinski definition) is 1. The maximum atomic E-state index is 6.27. The van der Waals surface area contributed by atoms with Crippen LogP contribution in [-0.2, 0) is 4.74 Å². The monoisotopic (exact) mass is 268 g/mol. The highest BCUT2D eigenvalue weighted by atomic mass is 35.5. The fraction of sp³-hybridized carbons (Fsp3) is 0.571. The molecule has 0 amide bonds. The number of halogens is 1. The average Bonchev–Trinajstić information content (AvgIpc) is 2.74. The minimum atomic E-state index is -0.0365. The molecular weight excluding hydrogens is 248 g/mol. The molecule has 0 radical (unpaired) electrons. The van der Waals surface area contributed by atoms with Gasteiger partial charge in [0.2, 0.25) is 0 Å². The van der Waals surface area contributed by atoms with Gasteiger partial charge in [0.25, 0.3) is 0 Å². The Kier molecular flexibility index (Phi) is 4.15. The van der Waals surface area contributed by atoms with Gasteiger partial charge in [0.1, 0.15) is 0 Å². The summed E-state index contributed by atoms with van der Waals surface area (Å²) in [4.78, 5) is 2.24.